The molecule has 1 aliphatic heterocycles. The van der Waals surface area contributed by atoms with Gasteiger partial charge in [-0.3, -0.25) is 4.90 Å². The number of thiocarbonyl (C=S) groups is 1. The van der Waals surface area contributed by atoms with Crippen molar-refractivity contribution in [3.63, 3.8) is 0 Å². The second kappa shape index (κ2) is 7.76. The lowest BCUT2D eigenvalue weighted by molar-refractivity contribution is 0.186. The highest BCUT2D eigenvalue weighted by atomic mass is 32.1. The topological polar surface area (TPSA) is 38.5 Å². The Morgan fingerprint density at radius 1 is 1.38 bits per heavy atom. The first kappa shape index (κ1) is 16.2. The highest BCUT2D eigenvalue weighted by Gasteiger charge is 2.20. The van der Waals surface area contributed by atoms with E-state index in [1.54, 1.807) is 7.11 Å². The van der Waals surface area contributed by atoms with Gasteiger partial charge < -0.3 is 10.5 Å². The van der Waals surface area contributed by atoms with Crippen molar-refractivity contribution < 1.29 is 4.74 Å². The molecule has 0 aliphatic carbocycles. The Morgan fingerprint density at radius 2 is 2.19 bits per heavy atom. The van der Waals surface area contributed by atoms with Gasteiger partial charge in [-0.15, -0.1) is 0 Å². The van der Waals surface area contributed by atoms with Crippen LogP contribution in [0.4, 0.5) is 0 Å². The number of likely N-dealkylation sites (tertiary alicyclic amines) is 1. The molecule has 1 unspecified atom stereocenters. The second-order valence-electron chi connectivity index (χ2n) is 5.78. The average molecular weight is 306 g/mol. The van der Waals surface area contributed by atoms with Gasteiger partial charge in [0.15, 0.2) is 0 Å². The normalized spacial score (nSPS) is 20.0. The van der Waals surface area contributed by atoms with Crippen LogP contribution < -0.4 is 10.5 Å². The standard InChI is InChI=1S/C17H26N2OS/c1-3-14-7-5-4-6-10-19(14)12-13-8-9-16(20-2)15(11-13)17(18)21/h8-9,11,14H,3-7,10,12H2,1-2H3,(H2,18,21). The van der Waals surface area contributed by atoms with E-state index in [1.165, 1.54) is 44.2 Å². The van der Waals surface area contributed by atoms with Crippen molar-refractivity contribution in [1.82, 2.24) is 4.90 Å². The van der Waals surface area contributed by atoms with Crippen LogP contribution in [-0.4, -0.2) is 29.6 Å². The van der Waals surface area contributed by atoms with E-state index in [1.807, 2.05) is 6.07 Å². The summed E-state index contributed by atoms with van der Waals surface area (Å²) in [6.07, 6.45) is 6.55. The number of hydrogen-bond acceptors (Lipinski definition) is 3. The summed E-state index contributed by atoms with van der Waals surface area (Å²) in [5, 5.41) is 0. The largest absolute Gasteiger partial charge is 0.496 e. The monoisotopic (exact) mass is 306 g/mol. The van der Waals surface area contributed by atoms with E-state index in [2.05, 4.69) is 24.0 Å². The van der Waals surface area contributed by atoms with Gasteiger partial charge in [-0.1, -0.05) is 38.0 Å². The van der Waals surface area contributed by atoms with Gasteiger partial charge in [0.05, 0.1) is 12.7 Å². The van der Waals surface area contributed by atoms with E-state index in [-0.39, 0.29) is 0 Å². The summed E-state index contributed by atoms with van der Waals surface area (Å²) in [6, 6.07) is 6.88. The summed E-state index contributed by atoms with van der Waals surface area (Å²) in [5.74, 6) is 0.758. The molecule has 1 aliphatic rings. The molecule has 2 N–H and O–H groups in total. The maximum absolute atomic E-state index is 5.81. The highest BCUT2D eigenvalue weighted by Crippen LogP contribution is 2.24. The quantitative estimate of drug-likeness (QED) is 0.845. The van der Waals surface area contributed by atoms with Crippen LogP contribution in [0.3, 0.4) is 0 Å². The number of nitrogens with zero attached hydrogens (tertiary/aromatic N) is 1. The van der Waals surface area contributed by atoms with Crippen molar-refractivity contribution in [2.24, 2.45) is 5.73 Å². The van der Waals surface area contributed by atoms with Gasteiger partial charge in [0.2, 0.25) is 0 Å². The molecule has 1 fully saturated rings. The SMILES string of the molecule is CCC1CCCCCN1Cc1ccc(OC)c(C(N)=S)c1. The van der Waals surface area contributed by atoms with Gasteiger partial charge >= 0.3 is 0 Å². The van der Waals surface area contributed by atoms with E-state index in [0.717, 1.165) is 17.9 Å². The molecule has 0 aromatic heterocycles. The van der Waals surface area contributed by atoms with Crippen molar-refractivity contribution >= 4 is 17.2 Å². The first-order valence-corrected chi connectivity index (χ1v) is 8.27. The third-order valence-corrected chi connectivity index (χ3v) is 4.61. The molecule has 4 heteroatoms. The zero-order valence-corrected chi connectivity index (χ0v) is 13.9. The molecule has 2 rings (SSSR count). The number of benzene rings is 1. The molecule has 1 aromatic carbocycles. The summed E-state index contributed by atoms with van der Waals surface area (Å²) in [4.78, 5) is 3.01. The van der Waals surface area contributed by atoms with Crippen molar-refractivity contribution in [2.45, 2.75) is 51.6 Å². The molecule has 0 radical (unpaired) electrons. The molecule has 1 aromatic rings. The molecule has 0 amide bonds. The fraction of sp³-hybridized carbons (Fsp3) is 0.588. The van der Waals surface area contributed by atoms with Crippen molar-refractivity contribution in [1.29, 1.82) is 0 Å². The van der Waals surface area contributed by atoms with E-state index in [0.29, 0.717) is 11.0 Å². The zero-order chi connectivity index (χ0) is 15.2. The highest BCUT2D eigenvalue weighted by molar-refractivity contribution is 7.80. The minimum Gasteiger partial charge on any atom is -0.496 e. The Kier molecular flexibility index (Phi) is 6.00. The van der Waals surface area contributed by atoms with E-state index in [9.17, 15) is 0 Å². The number of methoxy groups -OCH3 is 1. The number of hydrogen-bond donors (Lipinski definition) is 1. The molecule has 21 heavy (non-hydrogen) atoms. The lowest BCUT2D eigenvalue weighted by Crippen LogP contribution is -2.33. The molecule has 0 spiro atoms. The lowest BCUT2D eigenvalue weighted by Gasteiger charge is -2.29. The van der Waals surface area contributed by atoms with Gasteiger partial charge in [-0.25, -0.2) is 0 Å². The van der Waals surface area contributed by atoms with Crippen LogP contribution in [0.15, 0.2) is 18.2 Å². The molecule has 3 nitrogen and oxygen atoms in total. The maximum atomic E-state index is 5.81. The summed E-state index contributed by atoms with van der Waals surface area (Å²) in [5.41, 5.74) is 7.91. The average Bonchev–Trinajstić information content (AvgIpc) is 2.72. The van der Waals surface area contributed by atoms with E-state index >= 15 is 0 Å². The van der Waals surface area contributed by atoms with Gasteiger partial charge in [-0.05, 0) is 43.5 Å². The Labute approximate surface area is 133 Å². The van der Waals surface area contributed by atoms with Gasteiger partial charge in [0.25, 0.3) is 0 Å². The van der Waals surface area contributed by atoms with Crippen LogP contribution >= 0.6 is 12.2 Å². The maximum Gasteiger partial charge on any atom is 0.129 e. The summed E-state index contributed by atoms with van der Waals surface area (Å²) < 4.78 is 5.33. The molecule has 0 saturated carbocycles. The zero-order valence-electron chi connectivity index (χ0n) is 13.1. The van der Waals surface area contributed by atoms with Gasteiger partial charge in [0, 0.05) is 12.6 Å². The molecule has 1 saturated heterocycles. The number of rotatable bonds is 5. The molecular formula is C17H26N2OS. The van der Waals surface area contributed by atoms with Gasteiger partial charge in [-0.2, -0.15) is 0 Å². The predicted octanol–water partition coefficient (Wildman–Crippen LogP) is 3.48. The van der Waals surface area contributed by atoms with Crippen LogP contribution in [0, 0.1) is 0 Å². The molecule has 0 bridgehead atoms. The van der Waals surface area contributed by atoms with E-state index < -0.39 is 0 Å². The Morgan fingerprint density at radius 3 is 2.86 bits per heavy atom. The molecule has 1 atom stereocenters. The van der Waals surface area contributed by atoms with Gasteiger partial charge in [0.1, 0.15) is 10.7 Å². The van der Waals surface area contributed by atoms with Crippen LogP contribution in [0.2, 0.25) is 0 Å². The lowest BCUT2D eigenvalue weighted by atomic mass is 10.1. The van der Waals surface area contributed by atoms with Crippen molar-refractivity contribution in [3.05, 3.63) is 29.3 Å². The van der Waals surface area contributed by atoms with Crippen molar-refractivity contribution in [2.75, 3.05) is 13.7 Å². The fourth-order valence-electron chi connectivity index (χ4n) is 3.19. The summed E-state index contributed by atoms with van der Waals surface area (Å²) in [7, 11) is 1.65. The minimum absolute atomic E-state index is 0.400. The van der Waals surface area contributed by atoms with Crippen molar-refractivity contribution in [3.8, 4) is 5.75 Å². The third-order valence-electron chi connectivity index (χ3n) is 4.39. The third kappa shape index (κ3) is 4.17. The molecule has 116 valence electrons. The Balaban J connectivity index is 2.17. The summed E-state index contributed by atoms with van der Waals surface area (Å²) >= 11 is 5.13. The van der Waals surface area contributed by atoms with Crippen LogP contribution in [0.25, 0.3) is 0 Å². The predicted molar refractivity (Wildman–Crippen MR) is 91.8 cm³/mol. The molecular weight excluding hydrogens is 280 g/mol. The van der Waals surface area contributed by atoms with Crippen LogP contribution in [-0.2, 0) is 6.54 Å². The van der Waals surface area contributed by atoms with E-state index in [4.69, 9.17) is 22.7 Å². The minimum atomic E-state index is 0.400. The first-order chi connectivity index (χ1) is 10.2. The van der Waals surface area contributed by atoms with Crippen LogP contribution in [0.1, 0.15) is 50.2 Å². The number of nitrogens with two attached hydrogens (primary N) is 1. The Hall–Kier alpha value is -1.13. The number of ether oxygens (including phenoxy) is 1. The fourth-order valence-corrected chi connectivity index (χ4v) is 3.35. The second-order valence-corrected chi connectivity index (χ2v) is 6.22. The Bertz CT molecular complexity index is 490. The first-order valence-electron chi connectivity index (χ1n) is 7.86. The smallest absolute Gasteiger partial charge is 0.129 e. The van der Waals surface area contributed by atoms with Crippen LogP contribution in [0.5, 0.6) is 5.75 Å². The molecule has 1 heterocycles. The summed E-state index contributed by atoms with van der Waals surface area (Å²) in [6.45, 7) is 4.45.